The number of para-hydroxylation sites is 2. The minimum atomic E-state index is -0.228. The molecule has 9 rings (SSSR count). The summed E-state index contributed by atoms with van der Waals surface area (Å²) in [5, 5.41) is 2.65. The van der Waals surface area contributed by atoms with Crippen LogP contribution in [0.15, 0.2) is 170 Å². The summed E-state index contributed by atoms with van der Waals surface area (Å²) in [6.07, 6.45) is 0. The SMILES string of the molecule is CC1(c2cccc3c2sc2c(-c4ccc(N(c5ccccc5)c5ccccc5)cc4)cccc23)c2ccccc2-c2ccccc21. The number of rotatable bonds is 5. The van der Waals surface area contributed by atoms with Crippen LogP contribution in [0.5, 0.6) is 0 Å². The van der Waals surface area contributed by atoms with Gasteiger partial charge in [-0.15, -0.1) is 11.3 Å². The summed E-state index contributed by atoms with van der Waals surface area (Å²) in [5.41, 5.74) is 12.5. The quantitative estimate of drug-likeness (QED) is 0.189. The van der Waals surface area contributed by atoms with E-state index >= 15 is 0 Å². The van der Waals surface area contributed by atoms with E-state index in [9.17, 15) is 0 Å². The predicted octanol–water partition coefficient (Wildman–Crippen LogP) is 12.5. The maximum Gasteiger partial charge on any atom is 0.0462 e. The molecule has 0 bridgehead atoms. The van der Waals surface area contributed by atoms with E-state index in [1.165, 1.54) is 59.1 Å². The van der Waals surface area contributed by atoms with E-state index in [0.29, 0.717) is 0 Å². The van der Waals surface area contributed by atoms with Gasteiger partial charge < -0.3 is 4.90 Å². The molecule has 1 heterocycles. The largest absolute Gasteiger partial charge is 0.311 e. The van der Waals surface area contributed by atoms with Gasteiger partial charge >= 0.3 is 0 Å². The van der Waals surface area contributed by atoms with Gasteiger partial charge in [0.05, 0.1) is 0 Å². The van der Waals surface area contributed by atoms with Gasteiger partial charge in [0.2, 0.25) is 0 Å². The highest BCUT2D eigenvalue weighted by Crippen LogP contribution is 2.55. The third kappa shape index (κ3) is 4.00. The maximum atomic E-state index is 2.42. The van der Waals surface area contributed by atoms with Crippen LogP contribution in [0, 0.1) is 0 Å². The van der Waals surface area contributed by atoms with Gasteiger partial charge in [0.1, 0.15) is 0 Å². The van der Waals surface area contributed by atoms with Gasteiger partial charge in [-0.1, -0.05) is 133 Å². The zero-order chi connectivity index (χ0) is 30.7. The standard InChI is InChI=1S/C44H31NS/c1-44(39-23-10-8-18-35(39)36-19-9-11-24-40(36)44)41-25-13-22-38-37-21-12-20-34(42(37)46-43(38)41)30-26-28-33(29-27-30)45(31-14-4-2-5-15-31)32-16-6-3-7-17-32/h2-29H,1H3. The fraction of sp³-hybridized carbons (Fsp3) is 0.0455. The van der Waals surface area contributed by atoms with Crippen molar-refractivity contribution in [2.45, 2.75) is 12.3 Å². The number of nitrogens with zero attached hydrogens (tertiary/aromatic N) is 1. The molecule has 0 radical (unpaired) electrons. The second kappa shape index (κ2) is 10.6. The van der Waals surface area contributed by atoms with Crippen molar-refractivity contribution in [3.8, 4) is 22.3 Å². The van der Waals surface area contributed by atoms with E-state index in [1.807, 2.05) is 11.3 Å². The smallest absolute Gasteiger partial charge is 0.0462 e. The summed E-state index contributed by atoms with van der Waals surface area (Å²) < 4.78 is 2.71. The first kappa shape index (κ1) is 26.9. The Hall–Kier alpha value is -5.44. The first-order valence-corrected chi connectivity index (χ1v) is 16.7. The summed E-state index contributed by atoms with van der Waals surface area (Å²) >= 11 is 1.94. The van der Waals surface area contributed by atoms with Crippen molar-refractivity contribution < 1.29 is 0 Å². The van der Waals surface area contributed by atoms with Crippen molar-refractivity contribution in [1.29, 1.82) is 0 Å². The number of hydrogen-bond acceptors (Lipinski definition) is 2. The van der Waals surface area contributed by atoms with Gasteiger partial charge in [-0.3, -0.25) is 0 Å². The monoisotopic (exact) mass is 605 g/mol. The molecule has 7 aromatic carbocycles. The molecule has 46 heavy (non-hydrogen) atoms. The average molecular weight is 606 g/mol. The van der Waals surface area contributed by atoms with Crippen LogP contribution in [-0.2, 0) is 5.41 Å². The molecule has 218 valence electrons. The Morgan fingerprint density at radius 1 is 0.391 bits per heavy atom. The molecule has 0 fully saturated rings. The molecule has 0 saturated carbocycles. The minimum absolute atomic E-state index is 0.228. The zero-order valence-electron chi connectivity index (χ0n) is 25.5. The Bertz CT molecular complexity index is 2280. The van der Waals surface area contributed by atoms with Crippen LogP contribution < -0.4 is 4.90 Å². The van der Waals surface area contributed by atoms with E-state index in [-0.39, 0.29) is 5.41 Å². The Balaban J connectivity index is 1.19. The molecule has 0 amide bonds. The second-order valence-electron chi connectivity index (χ2n) is 12.2. The molecule has 8 aromatic rings. The van der Waals surface area contributed by atoms with Gasteiger partial charge in [0.15, 0.2) is 0 Å². The van der Waals surface area contributed by atoms with Crippen molar-refractivity contribution >= 4 is 48.6 Å². The number of thiophene rings is 1. The summed E-state index contributed by atoms with van der Waals surface area (Å²) in [6, 6.07) is 61.8. The molecule has 1 aliphatic rings. The molecule has 0 unspecified atom stereocenters. The summed E-state index contributed by atoms with van der Waals surface area (Å²) in [7, 11) is 0. The van der Waals surface area contributed by atoms with Gasteiger partial charge in [-0.25, -0.2) is 0 Å². The number of fused-ring (bicyclic) bond motifs is 6. The van der Waals surface area contributed by atoms with Gasteiger partial charge in [-0.2, -0.15) is 0 Å². The lowest BCUT2D eigenvalue weighted by Crippen LogP contribution is -2.22. The van der Waals surface area contributed by atoms with Crippen molar-refractivity contribution in [3.05, 3.63) is 187 Å². The highest BCUT2D eigenvalue weighted by molar-refractivity contribution is 7.26. The van der Waals surface area contributed by atoms with Crippen LogP contribution in [0.2, 0.25) is 0 Å². The van der Waals surface area contributed by atoms with E-state index in [2.05, 4.69) is 182 Å². The van der Waals surface area contributed by atoms with Crippen molar-refractivity contribution in [2.75, 3.05) is 4.90 Å². The number of hydrogen-bond donors (Lipinski definition) is 0. The summed E-state index contributed by atoms with van der Waals surface area (Å²) in [5.74, 6) is 0. The molecule has 0 spiro atoms. The van der Waals surface area contributed by atoms with Crippen molar-refractivity contribution in [3.63, 3.8) is 0 Å². The third-order valence-electron chi connectivity index (χ3n) is 9.75. The van der Waals surface area contributed by atoms with Crippen LogP contribution in [-0.4, -0.2) is 0 Å². The molecule has 0 N–H and O–H groups in total. The normalized spacial score (nSPS) is 13.1. The Morgan fingerprint density at radius 2 is 0.848 bits per heavy atom. The first-order chi connectivity index (χ1) is 22.7. The Labute approximate surface area is 273 Å². The van der Waals surface area contributed by atoms with E-state index in [4.69, 9.17) is 0 Å². The molecule has 1 aromatic heterocycles. The molecule has 1 nitrogen and oxygen atoms in total. The topological polar surface area (TPSA) is 3.24 Å². The maximum absolute atomic E-state index is 2.42. The minimum Gasteiger partial charge on any atom is -0.311 e. The zero-order valence-corrected chi connectivity index (χ0v) is 26.3. The van der Waals surface area contributed by atoms with Crippen LogP contribution in [0.4, 0.5) is 17.1 Å². The third-order valence-corrected chi connectivity index (χ3v) is 11.0. The van der Waals surface area contributed by atoms with Crippen LogP contribution in [0.1, 0.15) is 23.6 Å². The highest BCUT2D eigenvalue weighted by atomic mass is 32.1. The molecule has 2 heteroatoms. The fourth-order valence-corrected chi connectivity index (χ4v) is 9.03. The molecular formula is C44H31NS. The number of anilines is 3. The number of benzene rings is 7. The molecule has 1 aliphatic carbocycles. The molecule has 0 aliphatic heterocycles. The van der Waals surface area contributed by atoms with Gasteiger partial charge in [-0.05, 0) is 82.3 Å². The lowest BCUT2D eigenvalue weighted by molar-refractivity contribution is 0.722. The molecule has 0 saturated heterocycles. The Morgan fingerprint density at radius 3 is 1.46 bits per heavy atom. The van der Waals surface area contributed by atoms with Gasteiger partial charge in [0, 0.05) is 42.6 Å². The summed E-state index contributed by atoms with van der Waals surface area (Å²) in [6.45, 7) is 2.42. The average Bonchev–Trinajstić information content (AvgIpc) is 3.64. The fourth-order valence-electron chi connectivity index (χ4n) is 7.58. The van der Waals surface area contributed by atoms with Gasteiger partial charge in [0.25, 0.3) is 0 Å². The molecule has 0 atom stereocenters. The second-order valence-corrected chi connectivity index (χ2v) is 13.3. The predicted molar refractivity (Wildman–Crippen MR) is 197 cm³/mol. The van der Waals surface area contributed by atoms with Crippen LogP contribution in [0.3, 0.4) is 0 Å². The highest BCUT2D eigenvalue weighted by Gasteiger charge is 2.41. The van der Waals surface area contributed by atoms with E-state index < -0.39 is 0 Å². The van der Waals surface area contributed by atoms with Crippen molar-refractivity contribution in [1.82, 2.24) is 0 Å². The Kier molecular flexibility index (Phi) is 6.19. The lowest BCUT2D eigenvalue weighted by Gasteiger charge is -2.28. The first-order valence-electron chi connectivity index (χ1n) is 15.9. The lowest BCUT2D eigenvalue weighted by atomic mass is 9.74. The van der Waals surface area contributed by atoms with Crippen molar-refractivity contribution in [2.24, 2.45) is 0 Å². The van der Waals surface area contributed by atoms with Crippen LogP contribution in [0.25, 0.3) is 42.4 Å². The molecular weight excluding hydrogens is 575 g/mol. The van der Waals surface area contributed by atoms with Crippen LogP contribution >= 0.6 is 11.3 Å². The van der Waals surface area contributed by atoms with E-state index in [1.54, 1.807) is 0 Å². The summed E-state index contributed by atoms with van der Waals surface area (Å²) in [4.78, 5) is 2.31. The van der Waals surface area contributed by atoms with E-state index in [0.717, 1.165) is 17.1 Å².